The number of rotatable bonds is 23. The molecule has 2 rings (SSSR count). The number of ketones is 2. The van der Waals surface area contributed by atoms with Gasteiger partial charge in [0.15, 0.2) is 11.6 Å². The molecule has 0 saturated heterocycles. The third kappa shape index (κ3) is 18.9. The first-order valence-electron chi connectivity index (χ1n) is 20.7. The number of fused-ring (bicyclic) bond motifs is 1. The lowest BCUT2D eigenvalue weighted by atomic mass is 9.73. The molecule has 1 aromatic rings. The van der Waals surface area contributed by atoms with Gasteiger partial charge in [-0.1, -0.05) is 124 Å². The number of carbonyl (C=O) groups excluding carboxylic acids is 2. The monoisotopic (exact) mass is 719 g/mol. The van der Waals surface area contributed by atoms with Gasteiger partial charge in [-0.2, -0.15) is 0 Å². The normalized spacial score (nSPS) is 18.1. The van der Waals surface area contributed by atoms with Crippen molar-refractivity contribution < 1.29 is 9.59 Å². The third-order valence-electron chi connectivity index (χ3n) is 10.8. The molecule has 0 spiro atoms. The van der Waals surface area contributed by atoms with Crippen LogP contribution in [-0.2, 0) is 0 Å². The van der Waals surface area contributed by atoms with Crippen LogP contribution in [0.4, 0.5) is 0 Å². The molecule has 290 valence electrons. The van der Waals surface area contributed by atoms with Gasteiger partial charge in [-0.25, -0.2) is 0 Å². The van der Waals surface area contributed by atoms with Crippen molar-refractivity contribution in [2.75, 3.05) is 0 Å². The van der Waals surface area contributed by atoms with Crippen molar-refractivity contribution >= 4 is 11.6 Å². The first-order chi connectivity index (χ1) is 25.3. The summed E-state index contributed by atoms with van der Waals surface area (Å²) < 4.78 is 0. The largest absolute Gasteiger partial charge is 0.294 e. The summed E-state index contributed by atoms with van der Waals surface area (Å²) in [6, 6.07) is 7.27. The molecule has 0 aromatic heterocycles. The molecular weight excluding hydrogens is 645 g/mol. The minimum absolute atomic E-state index is 0.0974. The maximum Gasteiger partial charge on any atom is 0.167 e. The van der Waals surface area contributed by atoms with E-state index in [1.54, 1.807) is 12.1 Å². The second-order valence-electron chi connectivity index (χ2n) is 16.3. The van der Waals surface area contributed by atoms with Gasteiger partial charge in [-0.15, -0.1) is 0 Å². The zero-order chi connectivity index (χ0) is 39.2. The molecule has 0 heterocycles. The Bertz CT molecular complexity index is 1570. The van der Waals surface area contributed by atoms with Gasteiger partial charge < -0.3 is 0 Å². The molecule has 0 amide bonds. The van der Waals surface area contributed by atoms with Gasteiger partial charge in [0, 0.05) is 23.0 Å². The average Bonchev–Trinajstić information content (AvgIpc) is 3.10. The second-order valence-corrected chi connectivity index (χ2v) is 16.3. The van der Waals surface area contributed by atoms with Crippen LogP contribution >= 0.6 is 0 Å². The van der Waals surface area contributed by atoms with E-state index in [1.807, 2.05) is 19.1 Å². The number of carbonyl (C=O) groups is 2. The standard InChI is InChI=1S/C51H74O2/c1-38(2)20-13-21-39(3)22-14-23-40(4)24-15-25-41(5)26-16-27-42(6)28-17-29-43(7)30-18-31-44(8)32-19-33-45(9)36-37-47-46(10)50(52)48-34-11-12-35-49(48)51(47)53/h11-12,20,22,24,26,28,30,32,34-36,46-47H,13-19,21,23,25,27,29,31,33,37H2,1-10H3. The minimum atomic E-state index is -0.264. The van der Waals surface area contributed by atoms with Crippen LogP contribution in [0.3, 0.4) is 0 Å². The zero-order valence-corrected chi connectivity index (χ0v) is 35.5. The first kappa shape index (κ1) is 45.6. The molecule has 0 radical (unpaired) electrons. The van der Waals surface area contributed by atoms with Gasteiger partial charge in [0.1, 0.15) is 0 Å². The summed E-state index contributed by atoms with van der Waals surface area (Å²) >= 11 is 0. The fourth-order valence-electron chi connectivity index (χ4n) is 6.99. The Labute approximate surface area is 326 Å². The van der Waals surface area contributed by atoms with Crippen molar-refractivity contribution in [3.8, 4) is 0 Å². The zero-order valence-electron chi connectivity index (χ0n) is 35.5. The van der Waals surface area contributed by atoms with Gasteiger partial charge >= 0.3 is 0 Å². The third-order valence-corrected chi connectivity index (χ3v) is 10.8. The van der Waals surface area contributed by atoms with E-state index < -0.39 is 0 Å². The Balaban J connectivity index is 1.61. The van der Waals surface area contributed by atoms with Crippen molar-refractivity contribution in [1.82, 2.24) is 0 Å². The lowest BCUT2D eigenvalue weighted by Gasteiger charge is -2.27. The molecule has 2 heteroatoms. The smallest absolute Gasteiger partial charge is 0.167 e. The lowest BCUT2D eigenvalue weighted by molar-refractivity contribution is 0.0750. The van der Waals surface area contributed by atoms with E-state index in [4.69, 9.17) is 0 Å². The molecule has 0 N–H and O–H groups in total. The maximum atomic E-state index is 13.1. The van der Waals surface area contributed by atoms with Gasteiger partial charge in [-0.3, -0.25) is 9.59 Å². The second kappa shape index (κ2) is 25.5. The summed E-state index contributed by atoms with van der Waals surface area (Å²) in [6.07, 6.45) is 35.4. The van der Waals surface area contributed by atoms with E-state index in [0.717, 1.165) is 77.0 Å². The van der Waals surface area contributed by atoms with Crippen molar-refractivity contribution in [1.29, 1.82) is 0 Å². The first-order valence-corrected chi connectivity index (χ1v) is 20.7. The van der Waals surface area contributed by atoms with Crippen molar-refractivity contribution in [2.24, 2.45) is 11.8 Å². The number of Topliss-reactive ketones (excluding diaryl/α,β-unsaturated/α-hetero) is 2. The lowest BCUT2D eigenvalue weighted by Crippen LogP contribution is -2.34. The highest BCUT2D eigenvalue weighted by Gasteiger charge is 2.37. The molecule has 53 heavy (non-hydrogen) atoms. The number of hydrogen-bond acceptors (Lipinski definition) is 2. The summed E-state index contributed by atoms with van der Waals surface area (Å²) in [5, 5.41) is 0. The maximum absolute atomic E-state index is 13.1. The Morgan fingerprint density at radius 2 is 0.717 bits per heavy atom. The predicted octanol–water partition coefficient (Wildman–Crippen LogP) is 15.8. The van der Waals surface area contributed by atoms with E-state index >= 15 is 0 Å². The van der Waals surface area contributed by atoms with Crippen molar-refractivity contribution in [2.45, 2.75) is 166 Å². The van der Waals surface area contributed by atoms with Crippen LogP contribution in [0.2, 0.25) is 0 Å². The minimum Gasteiger partial charge on any atom is -0.294 e. The highest BCUT2D eigenvalue weighted by atomic mass is 16.1. The number of hydrogen-bond donors (Lipinski definition) is 0. The highest BCUT2D eigenvalue weighted by molar-refractivity contribution is 6.15. The van der Waals surface area contributed by atoms with E-state index in [1.165, 1.54) is 57.4 Å². The van der Waals surface area contributed by atoms with Crippen LogP contribution in [0.5, 0.6) is 0 Å². The molecule has 0 fully saturated rings. The Morgan fingerprint density at radius 3 is 1.04 bits per heavy atom. The molecule has 1 aromatic carbocycles. The summed E-state index contributed by atoms with van der Waals surface area (Å²) in [5.74, 6) is -0.310. The molecule has 0 saturated carbocycles. The van der Waals surface area contributed by atoms with Gasteiger partial charge in [0.05, 0.1) is 0 Å². The summed E-state index contributed by atoms with van der Waals surface area (Å²) in [7, 11) is 0. The molecule has 0 aliphatic heterocycles. The van der Waals surface area contributed by atoms with Crippen LogP contribution in [0.15, 0.2) is 117 Å². The number of allylic oxidation sites excluding steroid dienone is 16. The SMILES string of the molecule is CC(C)=CCCC(C)=CCCC(C)=CCCC(C)=CCCC(C)=CCCC(C)=CCCC(C)=CCCC(C)=CCC1C(=O)c2ccccc2C(=O)C1C. The average molecular weight is 719 g/mol. The molecule has 1 aliphatic rings. The Kier molecular flexibility index (Phi) is 21.9. The van der Waals surface area contributed by atoms with Gasteiger partial charge in [-0.05, 0) is 159 Å². The summed E-state index contributed by atoms with van der Waals surface area (Å²) in [6.45, 7) is 22.0. The van der Waals surface area contributed by atoms with E-state index in [2.05, 4.69) is 111 Å². The molecule has 2 atom stereocenters. The molecule has 2 nitrogen and oxygen atoms in total. The summed E-state index contributed by atoms with van der Waals surface area (Å²) in [4.78, 5) is 25.9. The van der Waals surface area contributed by atoms with Gasteiger partial charge in [0.25, 0.3) is 0 Å². The van der Waals surface area contributed by atoms with Crippen LogP contribution in [0.1, 0.15) is 186 Å². The fraction of sp³-hybridized carbons (Fsp3) is 0.529. The predicted molar refractivity (Wildman–Crippen MR) is 233 cm³/mol. The summed E-state index contributed by atoms with van der Waals surface area (Å²) in [5.41, 5.74) is 12.9. The van der Waals surface area contributed by atoms with Crippen LogP contribution in [0, 0.1) is 11.8 Å². The van der Waals surface area contributed by atoms with Crippen LogP contribution in [-0.4, -0.2) is 11.6 Å². The number of benzene rings is 1. The molecule has 0 bridgehead atoms. The van der Waals surface area contributed by atoms with Gasteiger partial charge in [0.2, 0.25) is 0 Å². The molecular formula is C51H74O2. The van der Waals surface area contributed by atoms with E-state index in [-0.39, 0.29) is 23.4 Å². The van der Waals surface area contributed by atoms with Crippen molar-refractivity contribution in [3.63, 3.8) is 0 Å². The van der Waals surface area contributed by atoms with Crippen LogP contribution in [0.25, 0.3) is 0 Å². The topological polar surface area (TPSA) is 34.1 Å². The van der Waals surface area contributed by atoms with E-state index in [0.29, 0.717) is 17.5 Å². The molecule has 2 unspecified atom stereocenters. The van der Waals surface area contributed by atoms with Crippen LogP contribution < -0.4 is 0 Å². The quantitative estimate of drug-likeness (QED) is 0.106. The molecule has 1 aliphatic carbocycles. The Morgan fingerprint density at radius 1 is 0.434 bits per heavy atom. The van der Waals surface area contributed by atoms with Crippen molar-refractivity contribution in [3.05, 3.63) is 129 Å². The van der Waals surface area contributed by atoms with E-state index in [9.17, 15) is 9.59 Å². The Hall–Kier alpha value is -3.52. The highest BCUT2D eigenvalue weighted by Crippen LogP contribution is 2.33. The fourth-order valence-corrected chi connectivity index (χ4v) is 6.99.